The molecule has 3 rings (SSSR count). The van der Waals surface area contributed by atoms with Gasteiger partial charge in [0.15, 0.2) is 0 Å². The van der Waals surface area contributed by atoms with Crippen LogP contribution in [0.25, 0.3) is 0 Å². The van der Waals surface area contributed by atoms with Gasteiger partial charge in [0.1, 0.15) is 5.69 Å². The van der Waals surface area contributed by atoms with Crippen LogP contribution >= 0.6 is 0 Å². The van der Waals surface area contributed by atoms with Gasteiger partial charge in [-0.1, -0.05) is 12.1 Å². The van der Waals surface area contributed by atoms with Gasteiger partial charge in [-0.05, 0) is 52.2 Å². The molecule has 1 N–H and O–H groups in total. The third-order valence-electron chi connectivity index (χ3n) is 4.68. The Labute approximate surface area is 148 Å². The van der Waals surface area contributed by atoms with Gasteiger partial charge in [-0.2, -0.15) is 0 Å². The number of carbonyl (C=O) groups excluding carboxylic acids is 1. The van der Waals surface area contributed by atoms with Gasteiger partial charge < -0.3 is 14.6 Å². The summed E-state index contributed by atoms with van der Waals surface area (Å²) in [5, 5.41) is 2.83. The topological polar surface area (TPSA) is 73.3 Å². The van der Waals surface area contributed by atoms with Gasteiger partial charge in [0, 0.05) is 11.9 Å². The third-order valence-corrected chi connectivity index (χ3v) is 4.68. The molecule has 1 amide bonds. The Balaban J connectivity index is 1.76. The molecule has 2 heterocycles. The number of carbonyl (C=O) groups is 1. The largest absolute Gasteiger partial charge is 0.494 e. The van der Waals surface area contributed by atoms with Crippen molar-refractivity contribution in [2.45, 2.75) is 45.8 Å². The van der Waals surface area contributed by atoms with Crippen molar-refractivity contribution < 1.29 is 14.1 Å². The SMILES string of the molecule is Cc1cnc(C(=O)Nc2cccc(B3OC(C)(C)C(C)(C)O3)c2)cn1. The Morgan fingerprint density at radius 3 is 2.36 bits per heavy atom. The summed E-state index contributed by atoms with van der Waals surface area (Å²) in [4.78, 5) is 20.5. The predicted octanol–water partition coefficient (Wildman–Crippen LogP) is 2.34. The van der Waals surface area contributed by atoms with Gasteiger partial charge in [-0.25, -0.2) is 4.98 Å². The molecular formula is C18H22BN3O3. The zero-order valence-electron chi connectivity index (χ0n) is 15.2. The first kappa shape index (κ1) is 17.6. The summed E-state index contributed by atoms with van der Waals surface area (Å²) in [5.41, 5.74) is 1.72. The second kappa shape index (κ2) is 6.24. The Kier molecular flexibility index (Phi) is 4.39. The van der Waals surface area contributed by atoms with Crippen molar-refractivity contribution in [3.63, 3.8) is 0 Å². The normalized spacial score (nSPS) is 18.2. The van der Waals surface area contributed by atoms with Gasteiger partial charge in [0.2, 0.25) is 0 Å². The van der Waals surface area contributed by atoms with Crippen LogP contribution in [0.15, 0.2) is 36.7 Å². The van der Waals surface area contributed by atoms with Crippen LogP contribution in [0.1, 0.15) is 43.9 Å². The van der Waals surface area contributed by atoms with Crippen molar-refractivity contribution in [1.29, 1.82) is 0 Å². The minimum absolute atomic E-state index is 0.270. The highest BCUT2D eigenvalue weighted by Gasteiger charge is 2.51. The second-order valence-electron chi connectivity index (χ2n) is 7.21. The van der Waals surface area contributed by atoms with Crippen LogP contribution in [0.2, 0.25) is 0 Å². The lowest BCUT2D eigenvalue weighted by atomic mass is 9.79. The van der Waals surface area contributed by atoms with Crippen LogP contribution < -0.4 is 10.8 Å². The Morgan fingerprint density at radius 2 is 1.76 bits per heavy atom. The highest BCUT2D eigenvalue weighted by molar-refractivity contribution is 6.62. The lowest BCUT2D eigenvalue weighted by Crippen LogP contribution is -2.41. The number of amides is 1. The first-order valence-electron chi connectivity index (χ1n) is 8.23. The molecule has 0 unspecified atom stereocenters. The molecule has 1 aromatic heterocycles. The van der Waals surface area contributed by atoms with Crippen LogP contribution in [-0.4, -0.2) is 34.2 Å². The zero-order chi connectivity index (χ0) is 18.2. The fraction of sp³-hybridized carbons (Fsp3) is 0.389. The first-order chi connectivity index (χ1) is 11.7. The van der Waals surface area contributed by atoms with Crippen LogP contribution in [0, 0.1) is 6.92 Å². The number of aromatic nitrogens is 2. The molecule has 0 bridgehead atoms. The molecule has 6 nitrogen and oxygen atoms in total. The smallest absolute Gasteiger partial charge is 0.399 e. The molecule has 1 aliphatic heterocycles. The molecule has 7 heteroatoms. The van der Waals surface area contributed by atoms with Crippen molar-refractivity contribution in [2.24, 2.45) is 0 Å². The highest BCUT2D eigenvalue weighted by Crippen LogP contribution is 2.36. The van der Waals surface area contributed by atoms with E-state index in [0.717, 1.165) is 11.2 Å². The number of nitrogens with one attached hydrogen (secondary N) is 1. The maximum absolute atomic E-state index is 12.3. The molecule has 0 spiro atoms. The van der Waals surface area contributed by atoms with Crippen LogP contribution in [0.4, 0.5) is 5.69 Å². The van der Waals surface area contributed by atoms with Crippen LogP contribution in [-0.2, 0) is 9.31 Å². The molecule has 25 heavy (non-hydrogen) atoms. The standard InChI is InChI=1S/C18H22BN3O3/c1-12-10-21-15(11-20-12)16(23)22-14-8-6-7-13(9-14)19-24-17(2,3)18(4,5)25-19/h6-11H,1-5H3,(H,22,23). The maximum Gasteiger partial charge on any atom is 0.494 e. The number of rotatable bonds is 3. The van der Waals surface area contributed by atoms with Gasteiger partial charge >= 0.3 is 7.12 Å². The molecule has 0 aliphatic carbocycles. The van der Waals surface area contributed by atoms with Crippen molar-refractivity contribution in [2.75, 3.05) is 5.32 Å². The Hall–Kier alpha value is -2.25. The molecule has 0 saturated carbocycles. The molecule has 1 aromatic carbocycles. The first-order valence-corrected chi connectivity index (χ1v) is 8.23. The summed E-state index contributed by atoms with van der Waals surface area (Å²) in [6, 6.07) is 7.44. The molecule has 0 atom stereocenters. The fourth-order valence-corrected chi connectivity index (χ4v) is 2.45. The van der Waals surface area contributed by atoms with E-state index in [-0.39, 0.29) is 11.6 Å². The summed E-state index contributed by atoms with van der Waals surface area (Å²) in [7, 11) is -0.471. The number of anilines is 1. The van der Waals surface area contributed by atoms with E-state index < -0.39 is 18.3 Å². The summed E-state index contributed by atoms with van der Waals surface area (Å²) in [6.45, 7) is 9.86. The number of benzene rings is 1. The monoisotopic (exact) mass is 339 g/mol. The second-order valence-corrected chi connectivity index (χ2v) is 7.21. The summed E-state index contributed by atoms with van der Waals surface area (Å²) in [6.07, 6.45) is 3.03. The Morgan fingerprint density at radius 1 is 1.08 bits per heavy atom. The van der Waals surface area contributed by atoms with E-state index in [9.17, 15) is 4.79 Å². The Bertz CT molecular complexity index is 774. The predicted molar refractivity (Wildman–Crippen MR) is 96.9 cm³/mol. The minimum Gasteiger partial charge on any atom is -0.399 e. The van der Waals surface area contributed by atoms with Crippen LogP contribution in [0.3, 0.4) is 0 Å². The molecule has 2 aromatic rings. The van der Waals surface area contributed by atoms with Crippen molar-refractivity contribution in [3.8, 4) is 0 Å². The van der Waals surface area contributed by atoms with Crippen LogP contribution in [0.5, 0.6) is 0 Å². The van der Waals surface area contributed by atoms with Crippen molar-refractivity contribution >= 4 is 24.2 Å². The molecule has 130 valence electrons. The van der Waals surface area contributed by atoms with Crippen molar-refractivity contribution in [1.82, 2.24) is 9.97 Å². The number of hydrogen-bond donors (Lipinski definition) is 1. The number of nitrogens with zero attached hydrogens (tertiary/aromatic N) is 2. The van der Waals surface area contributed by atoms with E-state index in [4.69, 9.17) is 9.31 Å². The highest BCUT2D eigenvalue weighted by atomic mass is 16.7. The average molecular weight is 339 g/mol. The maximum atomic E-state index is 12.3. The molecular weight excluding hydrogens is 317 g/mol. The lowest BCUT2D eigenvalue weighted by molar-refractivity contribution is 0.00578. The summed E-state index contributed by atoms with van der Waals surface area (Å²) in [5.74, 6) is -0.307. The summed E-state index contributed by atoms with van der Waals surface area (Å²) < 4.78 is 12.1. The number of aryl methyl sites for hydroxylation is 1. The molecule has 1 saturated heterocycles. The van der Waals surface area contributed by atoms with Gasteiger partial charge in [0.05, 0.1) is 23.1 Å². The molecule has 1 aliphatic rings. The average Bonchev–Trinajstić information content (AvgIpc) is 2.76. The van der Waals surface area contributed by atoms with E-state index >= 15 is 0 Å². The van der Waals surface area contributed by atoms with Gasteiger partial charge in [0.25, 0.3) is 5.91 Å². The quantitative estimate of drug-likeness (QED) is 0.869. The fourth-order valence-electron chi connectivity index (χ4n) is 2.45. The number of hydrogen-bond acceptors (Lipinski definition) is 5. The van der Waals surface area contributed by atoms with Gasteiger partial charge in [-0.15, -0.1) is 0 Å². The van der Waals surface area contributed by atoms with Gasteiger partial charge in [-0.3, -0.25) is 9.78 Å². The van der Waals surface area contributed by atoms with E-state index in [0.29, 0.717) is 5.69 Å². The van der Waals surface area contributed by atoms with E-state index in [1.807, 2.05) is 58.9 Å². The van der Waals surface area contributed by atoms with E-state index in [2.05, 4.69) is 15.3 Å². The third kappa shape index (κ3) is 3.57. The zero-order valence-corrected chi connectivity index (χ0v) is 15.2. The summed E-state index contributed by atoms with van der Waals surface area (Å²) >= 11 is 0. The minimum atomic E-state index is -0.471. The molecule has 1 fully saturated rings. The van der Waals surface area contributed by atoms with E-state index in [1.54, 1.807) is 6.20 Å². The van der Waals surface area contributed by atoms with Crippen molar-refractivity contribution in [3.05, 3.63) is 48.0 Å². The molecule has 0 radical (unpaired) electrons. The van der Waals surface area contributed by atoms with E-state index in [1.165, 1.54) is 6.20 Å². The lowest BCUT2D eigenvalue weighted by Gasteiger charge is -2.32.